The molecule has 18 heavy (non-hydrogen) atoms. The fourth-order valence-corrected chi connectivity index (χ4v) is 2.09. The molecule has 0 saturated carbocycles. The predicted molar refractivity (Wildman–Crippen MR) is 67.1 cm³/mol. The van der Waals surface area contributed by atoms with Crippen molar-refractivity contribution in [2.24, 2.45) is 0 Å². The summed E-state index contributed by atoms with van der Waals surface area (Å²) < 4.78 is 16.5. The molecule has 1 aromatic carbocycles. The summed E-state index contributed by atoms with van der Waals surface area (Å²) in [4.78, 5) is 0. The fraction of sp³-hybridized carbons (Fsp3) is 0.571. The van der Waals surface area contributed by atoms with E-state index in [4.69, 9.17) is 19.3 Å². The first-order valence-electron chi connectivity index (χ1n) is 6.11. The normalized spacial score (nSPS) is 24.1. The van der Waals surface area contributed by atoms with Crippen LogP contribution in [-0.4, -0.2) is 31.2 Å². The molecule has 0 amide bonds. The molecule has 0 radical (unpaired) electrons. The van der Waals surface area contributed by atoms with Gasteiger partial charge in [-0.1, -0.05) is 24.3 Å². The van der Waals surface area contributed by atoms with E-state index < -0.39 is 5.79 Å². The number of ether oxygens (including phenoxy) is 3. The van der Waals surface area contributed by atoms with E-state index in [-0.39, 0.29) is 18.8 Å². The Morgan fingerprint density at radius 3 is 2.50 bits per heavy atom. The van der Waals surface area contributed by atoms with Crippen molar-refractivity contribution in [2.75, 3.05) is 20.3 Å². The second-order valence-electron chi connectivity index (χ2n) is 4.89. The minimum Gasteiger partial charge on any atom is -0.393 e. The molecular weight excluding hydrogens is 232 g/mol. The van der Waals surface area contributed by atoms with Crippen molar-refractivity contribution in [3.8, 4) is 0 Å². The van der Waals surface area contributed by atoms with Crippen molar-refractivity contribution in [1.29, 1.82) is 0 Å². The predicted octanol–water partition coefficient (Wildman–Crippen LogP) is 2.19. The lowest BCUT2D eigenvalue weighted by atomic mass is 10.0. The Morgan fingerprint density at radius 1 is 1.39 bits per heavy atom. The molecular formula is C14H20O4. The molecule has 1 fully saturated rings. The van der Waals surface area contributed by atoms with Gasteiger partial charge in [0.05, 0.1) is 13.2 Å². The number of aliphatic hydroxyl groups excluding tert-OH is 1. The van der Waals surface area contributed by atoms with Gasteiger partial charge in [-0.2, -0.15) is 0 Å². The number of hydrogen-bond donors (Lipinski definition) is 1. The van der Waals surface area contributed by atoms with Crippen LogP contribution >= 0.6 is 0 Å². The van der Waals surface area contributed by atoms with E-state index in [1.54, 1.807) is 7.11 Å². The quantitative estimate of drug-likeness (QED) is 0.892. The van der Waals surface area contributed by atoms with Gasteiger partial charge in [0.25, 0.3) is 0 Å². The Kier molecular flexibility index (Phi) is 4.02. The molecule has 4 nitrogen and oxygen atoms in total. The standard InChI is InChI=1S/C14H20O4/c1-14(2)17-9-13(18-14)11-6-4-10(5-7-11)12(8-15)16-3/h4-7,12-13,15H,8-9H2,1-3H3/t12-,13?/m1/s1. The van der Waals surface area contributed by atoms with Crippen molar-refractivity contribution in [1.82, 2.24) is 0 Å². The van der Waals surface area contributed by atoms with Crippen LogP contribution in [0.15, 0.2) is 24.3 Å². The summed E-state index contributed by atoms with van der Waals surface area (Å²) in [5.41, 5.74) is 2.04. The Bertz CT molecular complexity index is 381. The van der Waals surface area contributed by atoms with E-state index in [1.165, 1.54) is 0 Å². The first-order chi connectivity index (χ1) is 8.55. The Labute approximate surface area is 107 Å². The average Bonchev–Trinajstić information content (AvgIpc) is 2.72. The average molecular weight is 252 g/mol. The zero-order valence-corrected chi connectivity index (χ0v) is 11.1. The van der Waals surface area contributed by atoms with Gasteiger partial charge in [-0.15, -0.1) is 0 Å². The number of methoxy groups -OCH3 is 1. The lowest BCUT2D eigenvalue weighted by molar-refractivity contribution is -0.139. The second-order valence-corrected chi connectivity index (χ2v) is 4.89. The monoisotopic (exact) mass is 252 g/mol. The molecule has 0 spiro atoms. The Morgan fingerprint density at radius 2 is 2.06 bits per heavy atom. The summed E-state index contributed by atoms with van der Waals surface area (Å²) in [7, 11) is 1.59. The molecule has 0 aromatic heterocycles. The number of rotatable bonds is 4. The van der Waals surface area contributed by atoms with E-state index in [0.29, 0.717) is 6.61 Å². The summed E-state index contributed by atoms with van der Waals surface area (Å²) in [5, 5.41) is 9.16. The smallest absolute Gasteiger partial charge is 0.163 e. The van der Waals surface area contributed by atoms with Gasteiger partial charge in [-0.25, -0.2) is 0 Å². The minimum atomic E-state index is -0.510. The van der Waals surface area contributed by atoms with Crippen molar-refractivity contribution < 1.29 is 19.3 Å². The maximum atomic E-state index is 9.16. The van der Waals surface area contributed by atoms with Crippen LogP contribution in [0.5, 0.6) is 0 Å². The van der Waals surface area contributed by atoms with Gasteiger partial charge < -0.3 is 19.3 Å². The largest absolute Gasteiger partial charge is 0.393 e. The van der Waals surface area contributed by atoms with Gasteiger partial charge in [0.15, 0.2) is 5.79 Å². The molecule has 0 aliphatic carbocycles. The molecule has 1 unspecified atom stereocenters. The van der Waals surface area contributed by atoms with Crippen molar-refractivity contribution in [3.63, 3.8) is 0 Å². The highest BCUT2D eigenvalue weighted by Crippen LogP contribution is 2.33. The highest BCUT2D eigenvalue weighted by molar-refractivity contribution is 5.26. The van der Waals surface area contributed by atoms with Gasteiger partial charge in [0, 0.05) is 7.11 Å². The lowest BCUT2D eigenvalue weighted by Gasteiger charge is -2.18. The number of hydrogen-bond acceptors (Lipinski definition) is 4. The van der Waals surface area contributed by atoms with Crippen LogP contribution in [-0.2, 0) is 14.2 Å². The molecule has 1 N–H and O–H groups in total. The van der Waals surface area contributed by atoms with Gasteiger partial charge in [-0.3, -0.25) is 0 Å². The van der Waals surface area contributed by atoms with Crippen molar-refractivity contribution >= 4 is 0 Å². The van der Waals surface area contributed by atoms with Gasteiger partial charge >= 0.3 is 0 Å². The molecule has 1 aliphatic heterocycles. The fourth-order valence-electron chi connectivity index (χ4n) is 2.09. The summed E-state index contributed by atoms with van der Waals surface area (Å²) in [6.45, 7) is 4.37. The topological polar surface area (TPSA) is 47.9 Å². The molecule has 1 saturated heterocycles. The van der Waals surface area contributed by atoms with E-state index in [9.17, 15) is 0 Å². The summed E-state index contributed by atoms with van der Waals surface area (Å²) in [6, 6.07) is 7.89. The van der Waals surface area contributed by atoms with E-state index in [0.717, 1.165) is 11.1 Å². The Balaban J connectivity index is 2.08. The molecule has 1 aliphatic rings. The maximum absolute atomic E-state index is 9.16. The van der Waals surface area contributed by atoms with Gasteiger partial charge in [-0.05, 0) is 25.0 Å². The van der Waals surface area contributed by atoms with E-state index in [2.05, 4.69) is 0 Å². The minimum absolute atomic E-state index is 0.0219. The van der Waals surface area contributed by atoms with Crippen molar-refractivity contribution in [3.05, 3.63) is 35.4 Å². The number of aliphatic hydroxyl groups is 1. The molecule has 1 aromatic rings. The zero-order chi connectivity index (χ0) is 13.2. The van der Waals surface area contributed by atoms with Crippen molar-refractivity contribution in [2.45, 2.75) is 31.8 Å². The SMILES string of the molecule is CO[C@H](CO)c1ccc(C2COC(C)(C)O2)cc1. The van der Waals surface area contributed by atoms with E-state index >= 15 is 0 Å². The molecule has 4 heteroatoms. The van der Waals surface area contributed by atoms with E-state index in [1.807, 2.05) is 38.1 Å². The maximum Gasteiger partial charge on any atom is 0.163 e. The second kappa shape index (κ2) is 5.36. The Hall–Kier alpha value is -0.940. The highest BCUT2D eigenvalue weighted by Gasteiger charge is 2.33. The molecule has 100 valence electrons. The molecule has 2 atom stereocenters. The van der Waals surface area contributed by atoms with Gasteiger partial charge in [0.1, 0.15) is 12.2 Å². The molecule has 2 rings (SSSR count). The third-order valence-electron chi connectivity index (χ3n) is 3.14. The van der Waals surface area contributed by atoms with Crippen LogP contribution in [0, 0.1) is 0 Å². The summed E-state index contributed by atoms with van der Waals surface area (Å²) >= 11 is 0. The first-order valence-corrected chi connectivity index (χ1v) is 6.11. The highest BCUT2D eigenvalue weighted by atomic mass is 16.7. The summed E-state index contributed by atoms with van der Waals surface area (Å²) in [6.07, 6.45) is -0.291. The third kappa shape index (κ3) is 2.90. The van der Waals surface area contributed by atoms with Crippen LogP contribution < -0.4 is 0 Å². The van der Waals surface area contributed by atoms with Crippen LogP contribution in [0.2, 0.25) is 0 Å². The van der Waals surface area contributed by atoms with Crippen LogP contribution in [0.3, 0.4) is 0 Å². The van der Waals surface area contributed by atoms with Crippen LogP contribution in [0.25, 0.3) is 0 Å². The number of benzene rings is 1. The molecule has 0 bridgehead atoms. The first kappa shape index (κ1) is 13.5. The third-order valence-corrected chi connectivity index (χ3v) is 3.14. The lowest BCUT2D eigenvalue weighted by Crippen LogP contribution is -2.19. The van der Waals surface area contributed by atoms with Crippen LogP contribution in [0.4, 0.5) is 0 Å². The molecule has 1 heterocycles. The van der Waals surface area contributed by atoms with Gasteiger partial charge in [0.2, 0.25) is 0 Å². The zero-order valence-electron chi connectivity index (χ0n) is 11.1. The summed E-state index contributed by atoms with van der Waals surface area (Å²) in [5.74, 6) is -0.510. The van der Waals surface area contributed by atoms with Crippen LogP contribution in [0.1, 0.15) is 37.2 Å².